The standard InChI is InChI=1S/C13H17BrO4/c1-11-6-5-8(16)12(2)10(17)18-9(13(11,12)14)4-3-7(11)15/h8-9,16H,3-6H2,1-2H3/t8-,9+,11+,12+,13-/m0/s1. The number of aliphatic hydroxyl groups is 1. The average molecular weight is 317 g/mol. The average Bonchev–Trinajstić information content (AvgIpc) is 2.53. The number of carbonyl (C=O) groups is 2. The Labute approximate surface area is 114 Å². The third kappa shape index (κ3) is 1.03. The second-order valence-electron chi connectivity index (χ2n) is 6.16. The zero-order valence-corrected chi connectivity index (χ0v) is 12.1. The first-order valence-corrected chi connectivity index (χ1v) is 7.19. The van der Waals surface area contributed by atoms with Crippen molar-refractivity contribution in [2.24, 2.45) is 10.8 Å². The highest BCUT2D eigenvalue weighted by Crippen LogP contribution is 2.67. The van der Waals surface area contributed by atoms with Gasteiger partial charge in [0, 0.05) is 11.8 Å². The fourth-order valence-corrected chi connectivity index (χ4v) is 5.32. The number of hydrogen-bond acceptors (Lipinski definition) is 4. The Balaban J connectivity index is 2.24. The van der Waals surface area contributed by atoms with Gasteiger partial charge in [0.25, 0.3) is 0 Å². The molecule has 0 aromatic carbocycles. The Morgan fingerprint density at radius 1 is 1.33 bits per heavy atom. The maximum atomic E-state index is 12.4. The van der Waals surface area contributed by atoms with E-state index in [1.54, 1.807) is 6.92 Å². The largest absolute Gasteiger partial charge is 0.460 e. The van der Waals surface area contributed by atoms with Crippen LogP contribution in [0.5, 0.6) is 0 Å². The van der Waals surface area contributed by atoms with Gasteiger partial charge >= 0.3 is 5.97 Å². The van der Waals surface area contributed by atoms with Gasteiger partial charge in [-0.3, -0.25) is 9.59 Å². The van der Waals surface area contributed by atoms with E-state index < -0.39 is 21.3 Å². The van der Waals surface area contributed by atoms with Gasteiger partial charge < -0.3 is 9.84 Å². The molecule has 3 rings (SSSR count). The van der Waals surface area contributed by atoms with Gasteiger partial charge in [0.05, 0.1) is 10.4 Å². The van der Waals surface area contributed by atoms with E-state index in [9.17, 15) is 14.7 Å². The topological polar surface area (TPSA) is 63.6 Å². The molecule has 0 aromatic rings. The van der Waals surface area contributed by atoms with Crippen molar-refractivity contribution in [2.45, 2.75) is 56.1 Å². The molecule has 0 aromatic heterocycles. The van der Waals surface area contributed by atoms with Crippen molar-refractivity contribution in [3.05, 3.63) is 0 Å². The van der Waals surface area contributed by atoms with Crippen molar-refractivity contribution >= 4 is 27.7 Å². The highest BCUT2D eigenvalue weighted by atomic mass is 79.9. The summed E-state index contributed by atoms with van der Waals surface area (Å²) in [7, 11) is 0. The number of aliphatic hydroxyl groups excluding tert-OH is 1. The lowest BCUT2D eigenvalue weighted by molar-refractivity contribution is -0.156. The molecule has 1 N–H and O–H groups in total. The fourth-order valence-electron chi connectivity index (χ4n) is 4.16. The number of carbonyl (C=O) groups excluding carboxylic acids is 2. The maximum absolute atomic E-state index is 12.4. The highest BCUT2D eigenvalue weighted by molar-refractivity contribution is 9.10. The number of halogens is 1. The van der Waals surface area contributed by atoms with E-state index in [1.807, 2.05) is 6.92 Å². The van der Waals surface area contributed by atoms with Crippen LogP contribution in [0.25, 0.3) is 0 Å². The molecule has 4 nitrogen and oxygen atoms in total. The van der Waals surface area contributed by atoms with E-state index in [4.69, 9.17) is 4.74 Å². The second-order valence-corrected chi connectivity index (χ2v) is 7.41. The van der Waals surface area contributed by atoms with Crippen molar-refractivity contribution < 1.29 is 19.4 Å². The zero-order valence-electron chi connectivity index (χ0n) is 10.5. The Hall–Kier alpha value is -0.420. The Morgan fingerprint density at radius 3 is 2.67 bits per heavy atom. The van der Waals surface area contributed by atoms with Gasteiger partial charge in [0.2, 0.25) is 0 Å². The lowest BCUT2D eigenvalue weighted by atomic mass is 9.50. The van der Waals surface area contributed by atoms with Crippen molar-refractivity contribution in [1.29, 1.82) is 0 Å². The molecule has 5 atom stereocenters. The van der Waals surface area contributed by atoms with Crippen molar-refractivity contribution in [2.75, 3.05) is 0 Å². The molecule has 1 saturated heterocycles. The van der Waals surface area contributed by atoms with E-state index in [-0.39, 0.29) is 17.9 Å². The summed E-state index contributed by atoms with van der Waals surface area (Å²) in [6.07, 6.45) is 0.998. The van der Waals surface area contributed by atoms with Gasteiger partial charge in [-0.1, -0.05) is 22.9 Å². The van der Waals surface area contributed by atoms with E-state index >= 15 is 0 Å². The SMILES string of the molecule is C[C@]12C(=O)O[C@@H]3CCC(=O)[C@@](C)(CC[C@@H]1O)[C@@]32Br. The van der Waals surface area contributed by atoms with Gasteiger partial charge in [-0.15, -0.1) is 0 Å². The molecule has 0 amide bonds. The van der Waals surface area contributed by atoms with Gasteiger partial charge in [-0.25, -0.2) is 0 Å². The first-order chi connectivity index (χ1) is 8.28. The number of Topliss-reactive ketones (excluding diaryl/α,β-unsaturated/α-hetero) is 1. The molecule has 3 fully saturated rings. The molecular weight excluding hydrogens is 300 g/mol. The quantitative estimate of drug-likeness (QED) is 0.544. The number of rotatable bonds is 0. The minimum atomic E-state index is -1.03. The van der Waals surface area contributed by atoms with E-state index in [0.717, 1.165) is 0 Å². The van der Waals surface area contributed by atoms with Crippen molar-refractivity contribution in [3.63, 3.8) is 0 Å². The number of ether oxygens (including phenoxy) is 1. The Morgan fingerprint density at radius 2 is 2.00 bits per heavy atom. The van der Waals surface area contributed by atoms with E-state index in [1.165, 1.54) is 0 Å². The molecule has 0 unspecified atom stereocenters. The van der Waals surface area contributed by atoms with Crippen molar-refractivity contribution in [3.8, 4) is 0 Å². The molecule has 3 aliphatic rings. The van der Waals surface area contributed by atoms with Gasteiger partial charge in [-0.2, -0.15) is 0 Å². The van der Waals surface area contributed by atoms with E-state index in [2.05, 4.69) is 15.9 Å². The van der Waals surface area contributed by atoms with Crippen LogP contribution in [-0.2, 0) is 14.3 Å². The number of hydrogen-bond donors (Lipinski definition) is 1. The lowest BCUT2D eigenvalue weighted by Crippen LogP contribution is -2.68. The van der Waals surface area contributed by atoms with Gasteiger partial charge in [0.1, 0.15) is 17.3 Å². The smallest absolute Gasteiger partial charge is 0.316 e. The summed E-state index contributed by atoms with van der Waals surface area (Å²) in [4.78, 5) is 24.6. The second kappa shape index (κ2) is 3.37. The summed E-state index contributed by atoms with van der Waals surface area (Å²) in [6.45, 7) is 3.63. The summed E-state index contributed by atoms with van der Waals surface area (Å²) in [5, 5.41) is 10.3. The van der Waals surface area contributed by atoms with Crippen LogP contribution in [0.2, 0.25) is 0 Å². The molecule has 2 aliphatic carbocycles. The third-order valence-electron chi connectivity index (χ3n) is 5.51. The molecule has 0 radical (unpaired) electrons. The molecule has 18 heavy (non-hydrogen) atoms. The number of esters is 1. The van der Waals surface area contributed by atoms with Crippen LogP contribution in [0.3, 0.4) is 0 Å². The van der Waals surface area contributed by atoms with Crippen LogP contribution in [-0.4, -0.2) is 33.4 Å². The van der Waals surface area contributed by atoms with Crippen LogP contribution < -0.4 is 0 Å². The normalized spacial score (nSPS) is 55.1. The minimum Gasteiger partial charge on any atom is -0.460 e. The zero-order chi connectivity index (χ0) is 13.3. The number of alkyl halides is 1. The molecule has 1 heterocycles. The minimum absolute atomic E-state index is 0.173. The van der Waals surface area contributed by atoms with Crippen LogP contribution in [0.4, 0.5) is 0 Å². The first-order valence-electron chi connectivity index (χ1n) is 6.40. The lowest BCUT2D eigenvalue weighted by Gasteiger charge is -2.57. The highest BCUT2D eigenvalue weighted by Gasteiger charge is 2.77. The van der Waals surface area contributed by atoms with Crippen LogP contribution in [0, 0.1) is 10.8 Å². The van der Waals surface area contributed by atoms with Crippen LogP contribution in [0.15, 0.2) is 0 Å². The van der Waals surface area contributed by atoms with Crippen LogP contribution >= 0.6 is 15.9 Å². The van der Waals surface area contributed by atoms with E-state index in [0.29, 0.717) is 25.7 Å². The molecule has 0 bridgehead atoms. The molecular formula is C13H17BrO4. The van der Waals surface area contributed by atoms with Crippen LogP contribution in [0.1, 0.15) is 39.5 Å². The Kier molecular flexibility index (Phi) is 2.36. The fraction of sp³-hybridized carbons (Fsp3) is 0.846. The molecule has 100 valence electrons. The molecule has 2 saturated carbocycles. The predicted molar refractivity (Wildman–Crippen MR) is 67.2 cm³/mol. The maximum Gasteiger partial charge on any atom is 0.316 e. The van der Waals surface area contributed by atoms with Gasteiger partial charge in [0.15, 0.2) is 0 Å². The molecule has 0 spiro atoms. The summed E-state index contributed by atoms with van der Waals surface area (Å²) in [6, 6.07) is 0. The summed E-state index contributed by atoms with van der Waals surface area (Å²) in [5.41, 5.74) is -1.66. The molecule has 1 aliphatic heterocycles. The summed E-state index contributed by atoms with van der Waals surface area (Å²) < 4.78 is 4.70. The molecule has 5 heteroatoms. The summed E-state index contributed by atoms with van der Waals surface area (Å²) in [5.74, 6) is -0.204. The van der Waals surface area contributed by atoms with Crippen molar-refractivity contribution in [1.82, 2.24) is 0 Å². The monoisotopic (exact) mass is 316 g/mol. The Bertz CT molecular complexity index is 450. The predicted octanol–water partition coefficient (Wildman–Crippen LogP) is 1.58. The van der Waals surface area contributed by atoms with Gasteiger partial charge in [-0.05, 0) is 26.2 Å². The summed E-state index contributed by atoms with van der Waals surface area (Å²) >= 11 is 3.67. The number of ketones is 1. The third-order valence-corrected chi connectivity index (χ3v) is 7.72. The first kappa shape index (κ1) is 12.6.